The van der Waals surface area contributed by atoms with Crippen LogP contribution >= 0.6 is 0 Å². The Labute approximate surface area is 169 Å². The van der Waals surface area contributed by atoms with E-state index in [4.69, 9.17) is 5.73 Å². The Morgan fingerprint density at radius 1 is 1.17 bits per heavy atom. The Bertz CT molecular complexity index is 1140. The molecule has 0 unspecified atom stereocenters. The smallest absolute Gasteiger partial charge is 0.251 e. The van der Waals surface area contributed by atoms with Crippen LogP contribution in [0.15, 0.2) is 42.6 Å². The monoisotopic (exact) mass is 388 g/mol. The highest BCUT2D eigenvalue weighted by Gasteiger charge is 2.39. The Kier molecular flexibility index (Phi) is 4.70. The number of benzene rings is 2. The minimum atomic E-state index is -0.136. The number of hydrogen-bond acceptors (Lipinski definition) is 4. The van der Waals surface area contributed by atoms with Gasteiger partial charge in [0.05, 0.1) is 0 Å². The number of carbonyl (C=O) groups excluding carboxylic acids is 2. The summed E-state index contributed by atoms with van der Waals surface area (Å²) in [5, 5.41) is 7.27. The molecule has 4 N–H and O–H groups in total. The van der Waals surface area contributed by atoms with Crippen LogP contribution in [0.25, 0.3) is 21.9 Å². The first-order valence-electron chi connectivity index (χ1n) is 9.70. The molecule has 6 heteroatoms. The minimum Gasteiger partial charge on any atom is -0.398 e. The van der Waals surface area contributed by atoms with Gasteiger partial charge in [0.25, 0.3) is 5.91 Å². The average molecular weight is 388 g/mol. The molecule has 1 aliphatic carbocycles. The number of aryl methyl sites for hydroxylation is 1. The number of amides is 2. The lowest BCUT2D eigenvalue weighted by molar-refractivity contribution is -0.117. The molecule has 0 aliphatic heterocycles. The van der Waals surface area contributed by atoms with Gasteiger partial charge in [-0.05, 0) is 71.7 Å². The van der Waals surface area contributed by atoms with Gasteiger partial charge < -0.3 is 16.4 Å². The van der Waals surface area contributed by atoms with Crippen molar-refractivity contribution < 1.29 is 9.59 Å². The lowest BCUT2D eigenvalue weighted by Gasteiger charge is -2.12. The van der Waals surface area contributed by atoms with Crippen molar-refractivity contribution in [2.24, 2.45) is 11.8 Å². The highest BCUT2D eigenvalue weighted by molar-refractivity contribution is 6.01. The van der Waals surface area contributed by atoms with Gasteiger partial charge in [-0.2, -0.15) is 0 Å². The molecule has 2 aromatic carbocycles. The summed E-state index contributed by atoms with van der Waals surface area (Å²) in [5.41, 5.74) is 10.4. The van der Waals surface area contributed by atoms with Crippen LogP contribution in [0.5, 0.6) is 0 Å². The van der Waals surface area contributed by atoms with Crippen molar-refractivity contribution in [2.45, 2.75) is 20.3 Å². The van der Waals surface area contributed by atoms with Crippen molar-refractivity contribution >= 4 is 34.1 Å². The van der Waals surface area contributed by atoms with Gasteiger partial charge in [0, 0.05) is 35.8 Å². The summed E-state index contributed by atoms with van der Waals surface area (Å²) in [5.74, 6) is 0.923. The van der Waals surface area contributed by atoms with E-state index in [1.165, 1.54) is 0 Å². The molecule has 1 aromatic heterocycles. The first-order valence-corrected chi connectivity index (χ1v) is 9.70. The van der Waals surface area contributed by atoms with Gasteiger partial charge in [0.2, 0.25) is 5.91 Å². The van der Waals surface area contributed by atoms with Crippen LogP contribution in [-0.4, -0.2) is 23.8 Å². The van der Waals surface area contributed by atoms with Crippen molar-refractivity contribution in [2.75, 3.05) is 18.1 Å². The van der Waals surface area contributed by atoms with Gasteiger partial charge in [0.1, 0.15) is 5.82 Å². The topological polar surface area (TPSA) is 97.1 Å². The number of nitrogens with one attached hydrogen (secondary N) is 2. The fourth-order valence-electron chi connectivity index (χ4n) is 3.63. The molecule has 1 heterocycles. The Hall–Kier alpha value is -3.41. The molecule has 0 spiro atoms. The maximum absolute atomic E-state index is 12.2. The van der Waals surface area contributed by atoms with Crippen molar-refractivity contribution in [1.29, 1.82) is 0 Å². The summed E-state index contributed by atoms with van der Waals surface area (Å²) in [4.78, 5) is 28.6. The number of nitrogens with two attached hydrogens (primary N) is 1. The van der Waals surface area contributed by atoms with Crippen LogP contribution in [0.4, 0.5) is 11.5 Å². The summed E-state index contributed by atoms with van der Waals surface area (Å²) in [6.07, 6.45) is 2.62. The molecule has 29 heavy (non-hydrogen) atoms. The van der Waals surface area contributed by atoms with Gasteiger partial charge in [0.15, 0.2) is 0 Å². The van der Waals surface area contributed by atoms with E-state index in [-0.39, 0.29) is 17.7 Å². The van der Waals surface area contributed by atoms with E-state index in [1.54, 1.807) is 19.3 Å². The predicted molar refractivity (Wildman–Crippen MR) is 116 cm³/mol. The highest BCUT2D eigenvalue weighted by atomic mass is 16.2. The molecule has 2 atom stereocenters. The summed E-state index contributed by atoms with van der Waals surface area (Å²) in [7, 11) is 1.61. The summed E-state index contributed by atoms with van der Waals surface area (Å²) in [6.45, 7) is 4.07. The first-order chi connectivity index (χ1) is 13.9. The lowest BCUT2D eigenvalue weighted by Crippen LogP contribution is -2.17. The standard InChI is InChI=1S/C23H24N4O2/c1-12-4-5-14(22(28)25-3)8-17(12)15-7-16-10-21(26-11-19(16)20(24)9-15)27-23(29)18-6-13(18)2/h4-5,7-11,13,18H,6,24H2,1-3H3,(H,25,28)(H,26,27,29)/t13-,18-/m1/s1. The third kappa shape index (κ3) is 3.66. The number of nitrogens with zero attached hydrogens (tertiary/aromatic N) is 1. The number of rotatable bonds is 4. The number of anilines is 2. The molecule has 0 saturated heterocycles. The van der Waals surface area contributed by atoms with Gasteiger partial charge in [-0.1, -0.05) is 13.0 Å². The van der Waals surface area contributed by atoms with Crippen LogP contribution in [-0.2, 0) is 4.79 Å². The molecule has 4 rings (SSSR count). The number of carbonyl (C=O) groups is 2. The molecule has 0 bridgehead atoms. The SMILES string of the molecule is CNC(=O)c1ccc(C)c(-c2cc(N)c3cnc(NC(=O)[C@@H]4C[C@H]4C)cc3c2)c1. The van der Waals surface area contributed by atoms with E-state index in [0.29, 0.717) is 23.0 Å². The number of nitrogen functional groups attached to an aromatic ring is 1. The van der Waals surface area contributed by atoms with Gasteiger partial charge >= 0.3 is 0 Å². The number of aromatic nitrogens is 1. The summed E-state index contributed by atoms with van der Waals surface area (Å²) in [6, 6.07) is 11.3. The second-order valence-corrected chi connectivity index (χ2v) is 7.77. The average Bonchev–Trinajstić information content (AvgIpc) is 3.44. The fraction of sp³-hybridized carbons (Fsp3) is 0.261. The highest BCUT2D eigenvalue weighted by Crippen LogP contribution is 2.38. The Morgan fingerprint density at radius 3 is 2.62 bits per heavy atom. The van der Waals surface area contributed by atoms with Crippen LogP contribution in [0.3, 0.4) is 0 Å². The Balaban J connectivity index is 1.74. The molecule has 6 nitrogen and oxygen atoms in total. The zero-order valence-electron chi connectivity index (χ0n) is 16.7. The van der Waals surface area contributed by atoms with E-state index in [0.717, 1.165) is 33.9 Å². The van der Waals surface area contributed by atoms with Crippen LogP contribution in [0.1, 0.15) is 29.3 Å². The molecular weight excluding hydrogens is 364 g/mol. The molecular formula is C23H24N4O2. The van der Waals surface area contributed by atoms with E-state index < -0.39 is 0 Å². The van der Waals surface area contributed by atoms with Crippen molar-refractivity contribution in [1.82, 2.24) is 10.3 Å². The number of hydrogen-bond donors (Lipinski definition) is 3. The van der Waals surface area contributed by atoms with Crippen molar-refractivity contribution in [3.8, 4) is 11.1 Å². The number of pyridine rings is 1. The molecule has 1 saturated carbocycles. The minimum absolute atomic E-state index is 0.0163. The Morgan fingerprint density at radius 2 is 1.93 bits per heavy atom. The van der Waals surface area contributed by atoms with E-state index >= 15 is 0 Å². The van der Waals surface area contributed by atoms with Crippen molar-refractivity contribution in [3.05, 3.63) is 53.7 Å². The zero-order chi connectivity index (χ0) is 20.7. The molecule has 3 aromatic rings. The summed E-state index contributed by atoms with van der Waals surface area (Å²) < 4.78 is 0. The van der Waals surface area contributed by atoms with Gasteiger partial charge in [-0.3, -0.25) is 9.59 Å². The van der Waals surface area contributed by atoms with Gasteiger partial charge in [-0.25, -0.2) is 4.98 Å². The van der Waals surface area contributed by atoms with E-state index in [1.807, 2.05) is 37.3 Å². The second-order valence-electron chi connectivity index (χ2n) is 7.77. The predicted octanol–water partition coefficient (Wildman–Crippen LogP) is 3.75. The maximum Gasteiger partial charge on any atom is 0.251 e. The number of fused-ring (bicyclic) bond motifs is 1. The first kappa shape index (κ1) is 18.9. The van der Waals surface area contributed by atoms with Crippen LogP contribution in [0, 0.1) is 18.8 Å². The molecule has 0 radical (unpaired) electrons. The lowest BCUT2D eigenvalue weighted by atomic mass is 9.95. The zero-order valence-corrected chi connectivity index (χ0v) is 16.7. The third-order valence-corrected chi connectivity index (χ3v) is 5.60. The fourth-order valence-corrected chi connectivity index (χ4v) is 3.63. The molecule has 148 valence electrons. The van der Waals surface area contributed by atoms with E-state index in [2.05, 4.69) is 22.5 Å². The van der Waals surface area contributed by atoms with Crippen molar-refractivity contribution in [3.63, 3.8) is 0 Å². The van der Waals surface area contributed by atoms with Gasteiger partial charge in [-0.15, -0.1) is 0 Å². The normalized spacial score (nSPS) is 17.8. The maximum atomic E-state index is 12.2. The largest absolute Gasteiger partial charge is 0.398 e. The van der Waals surface area contributed by atoms with Crippen LogP contribution in [0.2, 0.25) is 0 Å². The van der Waals surface area contributed by atoms with Crippen LogP contribution < -0.4 is 16.4 Å². The summed E-state index contributed by atoms with van der Waals surface area (Å²) >= 11 is 0. The third-order valence-electron chi connectivity index (χ3n) is 5.60. The quantitative estimate of drug-likeness (QED) is 0.593. The molecule has 1 fully saturated rings. The van der Waals surface area contributed by atoms with E-state index in [9.17, 15) is 9.59 Å². The molecule has 2 amide bonds. The second kappa shape index (κ2) is 7.20. The molecule has 1 aliphatic rings.